The molecule has 1 fully saturated rings. The van der Waals surface area contributed by atoms with E-state index in [-0.39, 0.29) is 37.3 Å². The third-order valence-electron chi connectivity index (χ3n) is 5.56. The lowest BCUT2D eigenvalue weighted by molar-refractivity contribution is -0.157. The normalized spacial score (nSPS) is 20.6. The molecule has 0 radical (unpaired) electrons. The largest absolute Gasteiger partial charge is 0.458 e. The minimum atomic E-state index is -1.45. The van der Waals surface area contributed by atoms with Crippen LogP contribution < -0.4 is 4.90 Å². The van der Waals surface area contributed by atoms with E-state index in [0.29, 0.717) is 11.3 Å². The third-order valence-corrected chi connectivity index (χ3v) is 5.56. The number of benzene rings is 2. The molecule has 1 saturated heterocycles. The maximum Gasteiger partial charge on any atom is 0.354 e. The van der Waals surface area contributed by atoms with Gasteiger partial charge >= 0.3 is 5.97 Å². The predicted octanol–water partition coefficient (Wildman–Crippen LogP) is 3.63. The maximum absolute atomic E-state index is 13.4. The van der Waals surface area contributed by atoms with Gasteiger partial charge in [0.2, 0.25) is 11.6 Å². The molecule has 0 unspecified atom stereocenters. The molecule has 2 aromatic carbocycles. The Balaban J connectivity index is 1.66. The summed E-state index contributed by atoms with van der Waals surface area (Å²) in [6, 6.07) is 16.3. The highest BCUT2D eigenvalue weighted by Gasteiger charge is 2.62. The zero-order valence-electron chi connectivity index (χ0n) is 17.1. The minimum absolute atomic E-state index is 0.0548. The van der Waals surface area contributed by atoms with Gasteiger partial charge < -0.3 is 9.64 Å². The lowest BCUT2D eigenvalue weighted by atomic mass is 9.95. The topological polar surface area (TPSA) is 66.9 Å². The van der Waals surface area contributed by atoms with E-state index in [4.69, 9.17) is 4.74 Å². The standard InChI is InChI=1S/C24H24N2O4/c1-17(2)25-22(28)19-12-6-7-13-20(19)26-21(27)14-15-24(25,26)23(29)30-16-8-11-18-9-4-3-5-10-18/h3-13,17H,14-16H2,1-2H3/b11-8+/t24-/m0/s1. The highest BCUT2D eigenvalue weighted by molar-refractivity contribution is 6.15. The lowest BCUT2D eigenvalue weighted by Crippen LogP contribution is -2.70. The predicted molar refractivity (Wildman–Crippen MR) is 114 cm³/mol. The van der Waals surface area contributed by atoms with E-state index >= 15 is 0 Å². The summed E-state index contributed by atoms with van der Waals surface area (Å²) in [5.74, 6) is -1.02. The first-order chi connectivity index (χ1) is 14.5. The molecular formula is C24H24N2O4. The van der Waals surface area contributed by atoms with Gasteiger partial charge in [-0.05, 0) is 37.6 Å². The summed E-state index contributed by atoms with van der Waals surface area (Å²) in [5.41, 5.74) is 0.444. The number of ether oxygens (including phenoxy) is 1. The fourth-order valence-electron chi connectivity index (χ4n) is 4.36. The Morgan fingerprint density at radius 1 is 1.10 bits per heavy atom. The van der Waals surface area contributed by atoms with Crippen molar-refractivity contribution in [2.24, 2.45) is 0 Å². The summed E-state index contributed by atoms with van der Waals surface area (Å²) >= 11 is 0. The molecule has 0 aromatic heterocycles. The van der Waals surface area contributed by atoms with Crippen molar-refractivity contribution < 1.29 is 19.1 Å². The van der Waals surface area contributed by atoms with Crippen molar-refractivity contribution in [1.82, 2.24) is 4.90 Å². The van der Waals surface area contributed by atoms with Crippen LogP contribution in [0.2, 0.25) is 0 Å². The van der Waals surface area contributed by atoms with Crippen molar-refractivity contribution in [1.29, 1.82) is 0 Å². The first-order valence-electron chi connectivity index (χ1n) is 10.1. The average molecular weight is 404 g/mol. The fourth-order valence-corrected chi connectivity index (χ4v) is 4.36. The van der Waals surface area contributed by atoms with Crippen molar-refractivity contribution in [2.75, 3.05) is 11.5 Å². The number of esters is 1. The Bertz CT molecular complexity index is 1010. The Morgan fingerprint density at radius 2 is 1.80 bits per heavy atom. The molecular weight excluding hydrogens is 380 g/mol. The van der Waals surface area contributed by atoms with Crippen LogP contribution in [-0.4, -0.2) is 41.0 Å². The second-order valence-electron chi connectivity index (χ2n) is 7.74. The molecule has 0 N–H and O–H groups in total. The first kappa shape index (κ1) is 19.9. The fraction of sp³-hybridized carbons (Fsp3) is 0.292. The molecule has 0 bridgehead atoms. The van der Waals surface area contributed by atoms with Gasteiger partial charge in [-0.2, -0.15) is 0 Å². The van der Waals surface area contributed by atoms with Crippen LogP contribution >= 0.6 is 0 Å². The number of anilines is 1. The van der Waals surface area contributed by atoms with Gasteiger partial charge in [0.25, 0.3) is 5.91 Å². The highest BCUT2D eigenvalue weighted by atomic mass is 16.5. The zero-order valence-corrected chi connectivity index (χ0v) is 17.1. The highest BCUT2D eigenvalue weighted by Crippen LogP contribution is 2.45. The monoisotopic (exact) mass is 404 g/mol. The molecule has 0 saturated carbocycles. The second-order valence-corrected chi connectivity index (χ2v) is 7.74. The van der Waals surface area contributed by atoms with Crippen molar-refractivity contribution in [3.05, 3.63) is 71.8 Å². The number of hydrogen-bond acceptors (Lipinski definition) is 4. The van der Waals surface area contributed by atoms with Crippen LogP contribution in [0.25, 0.3) is 6.08 Å². The molecule has 4 rings (SSSR count). The van der Waals surface area contributed by atoms with E-state index in [0.717, 1.165) is 5.56 Å². The van der Waals surface area contributed by atoms with Crippen LogP contribution in [0.5, 0.6) is 0 Å². The van der Waals surface area contributed by atoms with Crippen molar-refractivity contribution in [3.8, 4) is 0 Å². The van der Waals surface area contributed by atoms with Crippen molar-refractivity contribution in [2.45, 2.75) is 38.4 Å². The van der Waals surface area contributed by atoms with E-state index in [1.165, 1.54) is 9.80 Å². The molecule has 2 aliphatic rings. The summed E-state index contributed by atoms with van der Waals surface area (Å²) in [4.78, 5) is 42.5. The summed E-state index contributed by atoms with van der Waals surface area (Å²) in [6.07, 6.45) is 4.01. The smallest absolute Gasteiger partial charge is 0.354 e. The summed E-state index contributed by atoms with van der Waals surface area (Å²) in [6.45, 7) is 3.74. The lowest BCUT2D eigenvalue weighted by Gasteiger charge is -2.50. The molecule has 0 spiro atoms. The van der Waals surface area contributed by atoms with Crippen LogP contribution in [0, 0.1) is 0 Å². The van der Waals surface area contributed by atoms with Crippen molar-refractivity contribution >= 4 is 29.5 Å². The van der Waals surface area contributed by atoms with Crippen LogP contribution in [0.4, 0.5) is 5.69 Å². The molecule has 30 heavy (non-hydrogen) atoms. The number of nitrogens with zero attached hydrogens (tertiary/aromatic N) is 2. The van der Waals surface area contributed by atoms with Gasteiger partial charge in [-0.1, -0.05) is 48.5 Å². The number of para-hydroxylation sites is 1. The van der Waals surface area contributed by atoms with E-state index < -0.39 is 11.6 Å². The van der Waals surface area contributed by atoms with Gasteiger partial charge in [0.15, 0.2) is 0 Å². The molecule has 1 atom stereocenters. The molecule has 0 aliphatic carbocycles. The quantitative estimate of drug-likeness (QED) is 0.714. The van der Waals surface area contributed by atoms with E-state index in [1.54, 1.807) is 30.3 Å². The molecule has 2 aliphatic heterocycles. The molecule has 154 valence electrons. The number of hydrogen-bond donors (Lipinski definition) is 0. The second kappa shape index (κ2) is 7.78. The number of carbonyl (C=O) groups is 3. The first-order valence-corrected chi connectivity index (χ1v) is 10.1. The van der Waals surface area contributed by atoms with Gasteiger partial charge in [0.05, 0.1) is 11.3 Å². The van der Waals surface area contributed by atoms with Gasteiger partial charge in [-0.15, -0.1) is 0 Å². The molecule has 2 aromatic rings. The maximum atomic E-state index is 13.4. The van der Waals surface area contributed by atoms with Crippen LogP contribution in [0.1, 0.15) is 42.6 Å². The average Bonchev–Trinajstić information content (AvgIpc) is 3.10. The van der Waals surface area contributed by atoms with Gasteiger partial charge in [0, 0.05) is 18.9 Å². The molecule has 2 heterocycles. The summed E-state index contributed by atoms with van der Waals surface area (Å²) in [5, 5.41) is 0. The zero-order chi connectivity index (χ0) is 21.3. The van der Waals surface area contributed by atoms with Crippen LogP contribution in [0.15, 0.2) is 60.7 Å². The minimum Gasteiger partial charge on any atom is -0.458 e. The van der Waals surface area contributed by atoms with Crippen LogP contribution in [-0.2, 0) is 14.3 Å². The summed E-state index contributed by atoms with van der Waals surface area (Å²) < 4.78 is 5.59. The Kier molecular flexibility index (Phi) is 5.16. The van der Waals surface area contributed by atoms with Gasteiger partial charge in [-0.25, -0.2) is 4.79 Å². The molecule has 6 nitrogen and oxygen atoms in total. The number of carbonyl (C=O) groups excluding carboxylic acids is 3. The van der Waals surface area contributed by atoms with E-state index in [2.05, 4.69) is 0 Å². The third kappa shape index (κ3) is 3.09. The SMILES string of the molecule is CC(C)N1C(=O)c2ccccc2N2C(=O)CC[C@@]21C(=O)OC/C=C/c1ccccc1. The van der Waals surface area contributed by atoms with Crippen molar-refractivity contribution in [3.63, 3.8) is 0 Å². The van der Waals surface area contributed by atoms with E-state index in [9.17, 15) is 14.4 Å². The molecule has 2 amide bonds. The molecule has 6 heteroatoms. The van der Waals surface area contributed by atoms with Gasteiger partial charge in [0.1, 0.15) is 6.61 Å². The van der Waals surface area contributed by atoms with Gasteiger partial charge in [-0.3, -0.25) is 14.5 Å². The Morgan fingerprint density at radius 3 is 2.53 bits per heavy atom. The van der Waals surface area contributed by atoms with Crippen LogP contribution in [0.3, 0.4) is 0 Å². The number of amides is 2. The number of fused-ring (bicyclic) bond motifs is 3. The summed E-state index contributed by atoms with van der Waals surface area (Å²) in [7, 11) is 0. The van der Waals surface area contributed by atoms with E-state index in [1.807, 2.05) is 50.3 Å². The Labute approximate surface area is 175 Å². The Hall–Kier alpha value is -3.41. The number of rotatable bonds is 5.